The number of rotatable bonds is 6. The summed E-state index contributed by atoms with van der Waals surface area (Å²) in [4.78, 5) is 7.14. The minimum absolute atomic E-state index is 0.375. The third-order valence-electron chi connectivity index (χ3n) is 2.89. The van der Waals surface area contributed by atoms with Crippen LogP contribution in [-0.4, -0.2) is 4.98 Å². The van der Waals surface area contributed by atoms with E-state index in [4.69, 9.17) is 0 Å². The first-order chi connectivity index (χ1) is 9.42. The summed E-state index contributed by atoms with van der Waals surface area (Å²) in [6.07, 6.45) is 1.04. The summed E-state index contributed by atoms with van der Waals surface area (Å²) in [6, 6.07) is 9.02. The van der Waals surface area contributed by atoms with Crippen LogP contribution < -0.4 is 5.32 Å². The number of hydrogen-bond donors (Lipinski definition) is 1. The second-order valence-electron chi connectivity index (χ2n) is 4.21. The molecule has 3 heterocycles. The van der Waals surface area contributed by atoms with Gasteiger partial charge < -0.3 is 5.32 Å². The van der Waals surface area contributed by atoms with Crippen LogP contribution in [0.3, 0.4) is 0 Å². The number of nitrogens with zero attached hydrogens (tertiary/aromatic N) is 1. The number of aromatic nitrogens is 1. The molecule has 0 fully saturated rings. The van der Waals surface area contributed by atoms with E-state index < -0.39 is 0 Å². The smallest absolute Gasteiger partial charge is 0.0795 e. The van der Waals surface area contributed by atoms with Crippen LogP contribution in [0.15, 0.2) is 45.9 Å². The molecule has 98 valence electrons. The Morgan fingerprint density at radius 1 is 1.16 bits per heavy atom. The molecule has 0 aromatic carbocycles. The highest BCUT2D eigenvalue weighted by atomic mass is 32.1. The van der Waals surface area contributed by atoms with Gasteiger partial charge in [0.1, 0.15) is 0 Å². The maximum Gasteiger partial charge on any atom is 0.0795 e. The zero-order valence-electron chi connectivity index (χ0n) is 10.3. The molecule has 0 spiro atoms. The predicted molar refractivity (Wildman–Crippen MR) is 84.0 cm³/mol. The average molecular weight is 306 g/mol. The Labute approximate surface area is 124 Å². The van der Waals surface area contributed by atoms with Crippen molar-refractivity contribution in [3.05, 3.63) is 61.4 Å². The molecule has 0 saturated carbocycles. The van der Waals surface area contributed by atoms with Gasteiger partial charge in [-0.2, -0.15) is 0 Å². The van der Waals surface area contributed by atoms with Crippen LogP contribution in [0.25, 0.3) is 0 Å². The molecular formula is C14H14N2S3. The molecule has 3 rings (SSSR count). The van der Waals surface area contributed by atoms with Crippen LogP contribution in [-0.2, 0) is 13.0 Å². The standard InChI is InChI=1S/C14H14N2S3/c1-3-12(18-5-1)7-13(14-4-2-6-19-14)15-8-11-9-17-10-16-11/h1-6,9-10,13,15H,7-8H2. The quantitative estimate of drug-likeness (QED) is 0.733. The molecule has 3 aromatic heterocycles. The lowest BCUT2D eigenvalue weighted by Crippen LogP contribution is -2.22. The lowest BCUT2D eigenvalue weighted by atomic mass is 10.1. The van der Waals surface area contributed by atoms with Crippen molar-refractivity contribution in [2.24, 2.45) is 0 Å². The zero-order chi connectivity index (χ0) is 12.9. The molecular weight excluding hydrogens is 292 g/mol. The molecule has 0 aliphatic carbocycles. The van der Waals surface area contributed by atoms with Crippen molar-refractivity contribution >= 4 is 34.0 Å². The molecule has 0 bridgehead atoms. The molecule has 0 saturated heterocycles. The number of hydrogen-bond acceptors (Lipinski definition) is 5. The monoisotopic (exact) mass is 306 g/mol. The molecule has 0 aliphatic heterocycles. The third kappa shape index (κ3) is 3.51. The van der Waals surface area contributed by atoms with Gasteiger partial charge in [0, 0.05) is 34.1 Å². The van der Waals surface area contributed by atoms with Crippen LogP contribution >= 0.6 is 34.0 Å². The summed E-state index contributed by atoms with van der Waals surface area (Å²) in [5, 5.41) is 10.0. The minimum Gasteiger partial charge on any atom is -0.303 e. The topological polar surface area (TPSA) is 24.9 Å². The second-order valence-corrected chi connectivity index (χ2v) is 6.94. The van der Waals surface area contributed by atoms with Gasteiger partial charge in [-0.25, -0.2) is 4.98 Å². The fourth-order valence-electron chi connectivity index (χ4n) is 1.95. The number of thiazole rings is 1. The van der Waals surface area contributed by atoms with Crippen LogP contribution in [0.2, 0.25) is 0 Å². The fraction of sp³-hybridized carbons (Fsp3) is 0.214. The first-order valence-electron chi connectivity index (χ1n) is 6.08. The van der Waals surface area contributed by atoms with Crippen LogP contribution in [0, 0.1) is 0 Å². The van der Waals surface area contributed by atoms with E-state index in [2.05, 4.69) is 50.7 Å². The van der Waals surface area contributed by atoms with Crippen molar-refractivity contribution in [3.8, 4) is 0 Å². The summed E-state index contributed by atoms with van der Waals surface area (Å²) < 4.78 is 0. The molecule has 0 aliphatic rings. The fourth-order valence-corrected chi connectivity index (χ4v) is 4.06. The molecule has 0 radical (unpaired) electrons. The highest BCUT2D eigenvalue weighted by molar-refractivity contribution is 7.10. The molecule has 1 atom stereocenters. The van der Waals surface area contributed by atoms with Gasteiger partial charge in [-0.15, -0.1) is 34.0 Å². The molecule has 2 nitrogen and oxygen atoms in total. The SMILES string of the molecule is c1csc(CC(NCc2cscn2)c2cccs2)c1. The molecule has 19 heavy (non-hydrogen) atoms. The lowest BCUT2D eigenvalue weighted by Gasteiger charge is -2.16. The molecule has 1 N–H and O–H groups in total. The Bertz CT molecular complexity index is 570. The van der Waals surface area contributed by atoms with Crippen molar-refractivity contribution in [3.63, 3.8) is 0 Å². The van der Waals surface area contributed by atoms with E-state index in [-0.39, 0.29) is 0 Å². The van der Waals surface area contributed by atoms with Gasteiger partial charge in [0.05, 0.1) is 11.2 Å². The van der Waals surface area contributed by atoms with Crippen molar-refractivity contribution in [2.45, 2.75) is 19.0 Å². The Hall–Kier alpha value is -1.01. The predicted octanol–water partition coefficient (Wildman–Crippen LogP) is 4.34. The van der Waals surface area contributed by atoms with Crippen molar-refractivity contribution < 1.29 is 0 Å². The lowest BCUT2D eigenvalue weighted by molar-refractivity contribution is 0.537. The first kappa shape index (κ1) is 13.0. The molecule has 3 aromatic rings. The Balaban J connectivity index is 1.69. The van der Waals surface area contributed by atoms with Gasteiger partial charge in [-0.1, -0.05) is 12.1 Å². The van der Waals surface area contributed by atoms with E-state index in [1.165, 1.54) is 9.75 Å². The maximum atomic E-state index is 4.33. The van der Waals surface area contributed by atoms with E-state index in [1.54, 1.807) is 11.3 Å². The van der Waals surface area contributed by atoms with E-state index >= 15 is 0 Å². The highest BCUT2D eigenvalue weighted by Gasteiger charge is 2.13. The van der Waals surface area contributed by atoms with Gasteiger partial charge in [-0.05, 0) is 22.9 Å². The summed E-state index contributed by atoms with van der Waals surface area (Å²) >= 11 is 5.28. The summed E-state index contributed by atoms with van der Waals surface area (Å²) in [5.41, 5.74) is 3.01. The van der Waals surface area contributed by atoms with Crippen LogP contribution in [0.1, 0.15) is 21.5 Å². The van der Waals surface area contributed by atoms with Gasteiger partial charge in [0.15, 0.2) is 0 Å². The van der Waals surface area contributed by atoms with E-state index in [0.29, 0.717) is 6.04 Å². The molecule has 1 unspecified atom stereocenters. The molecule has 5 heteroatoms. The van der Waals surface area contributed by atoms with Gasteiger partial charge in [0.25, 0.3) is 0 Å². The Kier molecular flexibility index (Phi) is 4.40. The largest absolute Gasteiger partial charge is 0.303 e. The van der Waals surface area contributed by atoms with Gasteiger partial charge in [0.2, 0.25) is 0 Å². The van der Waals surface area contributed by atoms with Crippen LogP contribution in [0.5, 0.6) is 0 Å². The van der Waals surface area contributed by atoms with Crippen LogP contribution in [0.4, 0.5) is 0 Å². The summed E-state index contributed by atoms with van der Waals surface area (Å²) in [5.74, 6) is 0. The van der Waals surface area contributed by atoms with Gasteiger partial charge in [-0.3, -0.25) is 0 Å². The maximum absolute atomic E-state index is 4.33. The van der Waals surface area contributed by atoms with Crippen molar-refractivity contribution in [1.29, 1.82) is 0 Å². The number of thiophene rings is 2. The van der Waals surface area contributed by atoms with E-state index in [9.17, 15) is 0 Å². The average Bonchev–Trinajstić information content (AvgIpc) is 3.15. The van der Waals surface area contributed by atoms with Gasteiger partial charge >= 0.3 is 0 Å². The van der Waals surface area contributed by atoms with Crippen molar-refractivity contribution in [2.75, 3.05) is 0 Å². The zero-order valence-corrected chi connectivity index (χ0v) is 12.7. The normalized spacial score (nSPS) is 12.6. The highest BCUT2D eigenvalue weighted by Crippen LogP contribution is 2.25. The number of nitrogens with one attached hydrogen (secondary N) is 1. The van der Waals surface area contributed by atoms with Crippen molar-refractivity contribution in [1.82, 2.24) is 10.3 Å². The Morgan fingerprint density at radius 3 is 2.74 bits per heavy atom. The Morgan fingerprint density at radius 2 is 2.05 bits per heavy atom. The van der Waals surface area contributed by atoms with E-state index in [0.717, 1.165) is 18.7 Å². The summed E-state index contributed by atoms with van der Waals surface area (Å²) in [6.45, 7) is 0.831. The molecule has 0 amide bonds. The van der Waals surface area contributed by atoms with E-state index in [1.807, 2.05) is 28.2 Å². The first-order valence-corrected chi connectivity index (χ1v) is 8.78. The second kappa shape index (κ2) is 6.43. The third-order valence-corrected chi connectivity index (χ3v) is 5.41. The summed E-state index contributed by atoms with van der Waals surface area (Å²) in [7, 11) is 0. The minimum atomic E-state index is 0.375.